The van der Waals surface area contributed by atoms with Gasteiger partial charge in [-0.15, -0.1) is 0 Å². The van der Waals surface area contributed by atoms with E-state index in [1.807, 2.05) is 39.0 Å². The van der Waals surface area contributed by atoms with Crippen molar-refractivity contribution in [3.8, 4) is 11.5 Å². The molecule has 1 amide bonds. The molecule has 5 nitrogen and oxygen atoms in total. The topological polar surface area (TPSA) is 48.0 Å². The molecule has 0 atom stereocenters. The molecule has 2 aliphatic heterocycles. The van der Waals surface area contributed by atoms with Gasteiger partial charge >= 0.3 is 6.09 Å². The fraction of sp³-hybridized carbons (Fsp3) is 0.450. The maximum Gasteiger partial charge on any atom is 0.414 e. The van der Waals surface area contributed by atoms with Crippen molar-refractivity contribution in [1.29, 1.82) is 0 Å². The van der Waals surface area contributed by atoms with Crippen LogP contribution in [-0.2, 0) is 4.74 Å². The van der Waals surface area contributed by atoms with Gasteiger partial charge in [0.25, 0.3) is 0 Å². The number of hydrogen-bond acceptors (Lipinski definition) is 4. The molecule has 0 bridgehead atoms. The summed E-state index contributed by atoms with van der Waals surface area (Å²) in [5, 5.41) is 0. The zero-order valence-corrected chi connectivity index (χ0v) is 14.9. The Balaban J connectivity index is 1.73. The summed E-state index contributed by atoms with van der Waals surface area (Å²) in [5.41, 5.74) is 4.01. The first-order chi connectivity index (χ1) is 11.9. The van der Waals surface area contributed by atoms with Crippen molar-refractivity contribution >= 4 is 11.7 Å². The normalized spacial score (nSPS) is 19.0. The molecular weight excluding hydrogens is 318 g/mol. The number of ether oxygens (including phenoxy) is 3. The van der Waals surface area contributed by atoms with E-state index in [2.05, 4.69) is 6.08 Å². The van der Waals surface area contributed by atoms with E-state index < -0.39 is 5.60 Å². The van der Waals surface area contributed by atoms with Crippen LogP contribution in [0.15, 0.2) is 35.5 Å². The number of fused-ring (bicyclic) bond motifs is 2. The second kappa shape index (κ2) is 5.83. The number of carbonyl (C=O) groups is 1. The highest BCUT2D eigenvalue weighted by Gasteiger charge is 2.34. The summed E-state index contributed by atoms with van der Waals surface area (Å²) in [6.45, 7) is 6.62. The minimum absolute atomic E-state index is 0.264. The molecule has 2 heterocycles. The van der Waals surface area contributed by atoms with Gasteiger partial charge < -0.3 is 14.2 Å². The van der Waals surface area contributed by atoms with Gasteiger partial charge in [0.05, 0.1) is 5.70 Å². The van der Waals surface area contributed by atoms with Gasteiger partial charge in [0.2, 0.25) is 6.79 Å². The van der Waals surface area contributed by atoms with Crippen molar-refractivity contribution in [2.75, 3.05) is 13.3 Å². The van der Waals surface area contributed by atoms with Gasteiger partial charge in [0.15, 0.2) is 11.5 Å². The summed E-state index contributed by atoms with van der Waals surface area (Å²) in [6, 6.07) is 6.00. The van der Waals surface area contributed by atoms with Gasteiger partial charge in [0.1, 0.15) is 5.60 Å². The molecular formula is C20H23NO4. The Kier molecular flexibility index (Phi) is 3.74. The predicted molar refractivity (Wildman–Crippen MR) is 94.4 cm³/mol. The van der Waals surface area contributed by atoms with Gasteiger partial charge in [-0.3, -0.25) is 4.90 Å². The lowest BCUT2D eigenvalue weighted by Gasteiger charge is -2.28. The Labute approximate surface area is 147 Å². The van der Waals surface area contributed by atoms with E-state index in [-0.39, 0.29) is 12.9 Å². The molecule has 0 aromatic heterocycles. The Morgan fingerprint density at radius 3 is 2.76 bits per heavy atom. The molecule has 1 fully saturated rings. The van der Waals surface area contributed by atoms with Crippen LogP contribution in [0.1, 0.15) is 45.6 Å². The summed E-state index contributed by atoms with van der Waals surface area (Å²) in [4.78, 5) is 14.5. The second-order valence-electron chi connectivity index (χ2n) is 7.55. The van der Waals surface area contributed by atoms with Gasteiger partial charge in [-0.25, -0.2) is 4.79 Å². The summed E-state index contributed by atoms with van der Waals surface area (Å²) in [7, 11) is 0. The SMILES string of the molecule is CC(C)(C)OC(=O)N1CCC2=CCCC(c3ccc4c(c3)OCO4)=C21. The highest BCUT2D eigenvalue weighted by molar-refractivity contribution is 5.82. The van der Waals surface area contributed by atoms with Crippen LogP contribution >= 0.6 is 0 Å². The van der Waals surface area contributed by atoms with Crippen molar-refractivity contribution < 1.29 is 19.0 Å². The van der Waals surface area contributed by atoms with Crippen LogP contribution < -0.4 is 9.47 Å². The van der Waals surface area contributed by atoms with Crippen molar-refractivity contribution in [2.45, 2.75) is 45.6 Å². The van der Waals surface area contributed by atoms with E-state index in [0.29, 0.717) is 6.54 Å². The minimum Gasteiger partial charge on any atom is -0.454 e. The van der Waals surface area contributed by atoms with Crippen LogP contribution in [0.4, 0.5) is 4.79 Å². The van der Waals surface area contributed by atoms with Gasteiger partial charge in [-0.2, -0.15) is 0 Å². The highest BCUT2D eigenvalue weighted by atomic mass is 16.7. The number of likely N-dealkylation sites (tertiary alicyclic amines) is 1. The number of benzene rings is 1. The molecule has 5 heteroatoms. The first-order valence-corrected chi connectivity index (χ1v) is 8.75. The lowest BCUT2D eigenvalue weighted by atomic mass is 9.91. The average Bonchev–Trinajstić information content (AvgIpc) is 3.18. The summed E-state index contributed by atoms with van der Waals surface area (Å²) in [5.74, 6) is 1.54. The monoisotopic (exact) mass is 341 g/mol. The standard InChI is InChI=1S/C20H23NO4/c1-20(2,3)25-19(22)21-10-9-13-5-4-6-15(18(13)21)14-7-8-16-17(11-14)24-12-23-16/h5,7-8,11H,4,6,9-10,12H2,1-3H3. The van der Waals surface area contributed by atoms with Crippen LogP contribution in [0.3, 0.4) is 0 Å². The highest BCUT2D eigenvalue weighted by Crippen LogP contribution is 2.43. The Morgan fingerprint density at radius 2 is 1.96 bits per heavy atom. The van der Waals surface area contributed by atoms with E-state index in [1.165, 1.54) is 11.1 Å². The molecule has 1 aromatic rings. The maximum absolute atomic E-state index is 12.7. The molecule has 1 aromatic carbocycles. The zero-order chi connectivity index (χ0) is 17.6. The Morgan fingerprint density at radius 1 is 1.16 bits per heavy atom. The zero-order valence-electron chi connectivity index (χ0n) is 14.9. The van der Waals surface area contributed by atoms with E-state index >= 15 is 0 Å². The van der Waals surface area contributed by atoms with Gasteiger partial charge in [0, 0.05) is 6.54 Å². The van der Waals surface area contributed by atoms with Crippen LogP contribution in [-0.4, -0.2) is 29.9 Å². The number of rotatable bonds is 1. The van der Waals surface area contributed by atoms with E-state index in [9.17, 15) is 4.79 Å². The Bertz CT molecular complexity index is 785. The maximum atomic E-state index is 12.7. The largest absolute Gasteiger partial charge is 0.454 e. The quantitative estimate of drug-likeness (QED) is 0.755. The minimum atomic E-state index is -0.502. The third-order valence-electron chi connectivity index (χ3n) is 4.58. The second-order valence-corrected chi connectivity index (χ2v) is 7.55. The van der Waals surface area contributed by atoms with E-state index in [0.717, 1.165) is 42.0 Å². The molecule has 132 valence electrons. The van der Waals surface area contributed by atoms with Crippen LogP contribution in [0, 0.1) is 0 Å². The summed E-state index contributed by atoms with van der Waals surface area (Å²) < 4.78 is 16.5. The fourth-order valence-corrected chi connectivity index (χ4v) is 3.57. The third kappa shape index (κ3) is 2.99. The number of allylic oxidation sites excluding steroid dienone is 3. The molecule has 4 rings (SSSR count). The molecule has 25 heavy (non-hydrogen) atoms. The lowest BCUT2D eigenvalue weighted by Crippen LogP contribution is -2.34. The first kappa shape index (κ1) is 16.1. The molecule has 0 spiro atoms. The smallest absolute Gasteiger partial charge is 0.414 e. The van der Waals surface area contributed by atoms with Crippen LogP contribution in [0.5, 0.6) is 11.5 Å². The molecule has 0 radical (unpaired) electrons. The predicted octanol–water partition coefficient (Wildman–Crippen LogP) is 4.49. The number of carbonyl (C=O) groups excluding carboxylic acids is 1. The Hall–Kier alpha value is -2.43. The molecule has 1 saturated heterocycles. The molecule has 0 N–H and O–H groups in total. The number of amides is 1. The molecule has 3 aliphatic rings. The third-order valence-corrected chi connectivity index (χ3v) is 4.58. The first-order valence-electron chi connectivity index (χ1n) is 8.75. The number of nitrogens with zero attached hydrogens (tertiary/aromatic N) is 1. The summed E-state index contributed by atoms with van der Waals surface area (Å²) in [6.07, 6.45) is 4.74. The average molecular weight is 341 g/mol. The van der Waals surface area contributed by atoms with Gasteiger partial charge in [-0.05, 0) is 68.9 Å². The van der Waals surface area contributed by atoms with Crippen molar-refractivity contribution in [3.05, 3.63) is 41.1 Å². The van der Waals surface area contributed by atoms with Gasteiger partial charge in [-0.1, -0.05) is 12.1 Å². The molecule has 1 aliphatic carbocycles. The lowest BCUT2D eigenvalue weighted by molar-refractivity contribution is 0.0340. The van der Waals surface area contributed by atoms with Crippen molar-refractivity contribution in [2.24, 2.45) is 0 Å². The van der Waals surface area contributed by atoms with E-state index in [1.54, 1.807) is 4.90 Å². The van der Waals surface area contributed by atoms with Crippen molar-refractivity contribution in [1.82, 2.24) is 4.90 Å². The molecule has 0 saturated carbocycles. The van der Waals surface area contributed by atoms with Crippen LogP contribution in [0.2, 0.25) is 0 Å². The van der Waals surface area contributed by atoms with Crippen molar-refractivity contribution in [3.63, 3.8) is 0 Å². The number of hydrogen-bond donors (Lipinski definition) is 0. The fourth-order valence-electron chi connectivity index (χ4n) is 3.57. The van der Waals surface area contributed by atoms with Crippen LogP contribution in [0.25, 0.3) is 5.57 Å². The molecule has 0 unspecified atom stereocenters. The summed E-state index contributed by atoms with van der Waals surface area (Å²) >= 11 is 0. The van der Waals surface area contributed by atoms with E-state index in [4.69, 9.17) is 14.2 Å².